The highest BCUT2D eigenvalue weighted by Crippen LogP contribution is 2.50. The number of benzene rings is 1. The summed E-state index contributed by atoms with van der Waals surface area (Å²) in [7, 11) is 0. The summed E-state index contributed by atoms with van der Waals surface area (Å²) in [5.74, 6) is 1.64. The van der Waals surface area contributed by atoms with Gasteiger partial charge in [0.05, 0.1) is 6.20 Å². The number of halogens is 1. The van der Waals surface area contributed by atoms with E-state index in [0.717, 1.165) is 38.2 Å². The molecule has 168 valence electrons. The molecule has 1 aromatic carbocycles. The van der Waals surface area contributed by atoms with Gasteiger partial charge in [-0.3, -0.25) is 5.10 Å². The average molecular weight is 463 g/mol. The third-order valence-electron chi connectivity index (χ3n) is 6.99. The third-order valence-corrected chi connectivity index (χ3v) is 7.37. The summed E-state index contributed by atoms with van der Waals surface area (Å²) in [6.07, 6.45) is 6.36. The van der Waals surface area contributed by atoms with Crippen molar-refractivity contribution in [3.8, 4) is 11.6 Å². The van der Waals surface area contributed by atoms with Crippen LogP contribution in [0.4, 0.5) is 11.6 Å². The van der Waals surface area contributed by atoms with Crippen LogP contribution in [-0.4, -0.2) is 38.2 Å². The monoisotopic (exact) mass is 462 g/mol. The first-order valence-electron chi connectivity index (χ1n) is 10.9. The number of rotatable bonds is 3. The lowest BCUT2D eigenvalue weighted by Crippen LogP contribution is -2.44. The largest absolute Gasteiger partial charge is 0.434 e. The van der Waals surface area contributed by atoms with Gasteiger partial charge in [-0.1, -0.05) is 35.9 Å². The van der Waals surface area contributed by atoms with Gasteiger partial charge in [0.2, 0.25) is 0 Å². The van der Waals surface area contributed by atoms with Gasteiger partial charge < -0.3 is 21.1 Å². The van der Waals surface area contributed by atoms with Gasteiger partial charge in [-0.15, -0.1) is 5.10 Å². The Hall–Kier alpha value is -3.43. The van der Waals surface area contributed by atoms with E-state index in [2.05, 4.69) is 49.3 Å². The molecule has 1 fully saturated rings. The number of nitrogens with one attached hydrogen (secondary N) is 1. The van der Waals surface area contributed by atoms with Crippen molar-refractivity contribution >= 4 is 34.4 Å². The maximum Gasteiger partial charge on any atom is 0.266 e. The van der Waals surface area contributed by atoms with E-state index < -0.39 is 0 Å². The molecule has 4 heterocycles. The molecule has 1 aliphatic carbocycles. The Morgan fingerprint density at radius 1 is 1.15 bits per heavy atom. The SMILES string of the molecule is Nc1nccc(Oc2n[nH]c3nc(N4CCC5(CC4)Cc4ccccc4C5N)cnc23)c1Cl. The van der Waals surface area contributed by atoms with Crippen LogP contribution in [0.15, 0.2) is 42.7 Å². The zero-order valence-corrected chi connectivity index (χ0v) is 18.6. The minimum atomic E-state index is 0.0887. The molecule has 0 saturated carbocycles. The van der Waals surface area contributed by atoms with Gasteiger partial charge in [-0.2, -0.15) is 0 Å². The summed E-state index contributed by atoms with van der Waals surface area (Å²) in [5.41, 5.74) is 16.3. The van der Waals surface area contributed by atoms with Crippen LogP contribution in [-0.2, 0) is 6.42 Å². The lowest BCUT2D eigenvalue weighted by molar-refractivity contribution is 0.187. The molecule has 0 bridgehead atoms. The molecule has 1 spiro atoms. The molecule has 9 nitrogen and oxygen atoms in total. The second-order valence-corrected chi connectivity index (χ2v) is 9.15. The van der Waals surface area contributed by atoms with Crippen LogP contribution in [0.25, 0.3) is 11.2 Å². The zero-order chi connectivity index (χ0) is 22.6. The standard InChI is InChI=1S/C23H23ClN8O/c24-17-15(5-8-27-20(17)26)33-22-18-21(30-31-22)29-16(12-28-18)32-9-6-23(7-10-32)11-13-3-1-2-4-14(13)19(23)25/h1-5,8,12,19H,6-7,9-11,25H2,(H2,26,27)(H,29,30,31). The van der Waals surface area contributed by atoms with Crippen molar-refractivity contribution < 1.29 is 4.74 Å². The predicted molar refractivity (Wildman–Crippen MR) is 126 cm³/mol. The Morgan fingerprint density at radius 2 is 1.97 bits per heavy atom. The van der Waals surface area contributed by atoms with Crippen molar-refractivity contribution in [3.05, 3.63) is 58.9 Å². The van der Waals surface area contributed by atoms with Gasteiger partial charge in [0.1, 0.15) is 16.7 Å². The van der Waals surface area contributed by atoms with Crippen LogP contribution in [0.3, 0.4) is 0 Å². The normalized spacial score (nSPS) is 19.2. The molecule has 2 aliphatic rings. The molecular weight excluding hydrogens is 440 g/mol. The highest BCUT2D eigenvalue weighted by Gasteiger charge is 2.45. The van der Waals surface area contributed by atoms with E-state index in [1.807, 2.05) is 0 Å². The third kappa shape index (κ3) is 3.27. The smallest absolute Gasteiger partial charge is 0.266 e. The van der Waals surface area contributed by atoms with Crippen LogP contribution < -0.4 is 21.1 Å². The number of ether oxygens (including phenoxy) is 1. The van der Waals surface area contributed by atoms with Crippen molar-refractivity contribution in [1.29, 1.82) is 0 Å². The second-order valence-electron chi connectivity index (χ2n) is 8.77. The number of pyridine rings is 1. The molecule has 4 aromatic rings. The van der Waals surface area contributed by atoms with Crippen molar-refractivity contribution in [2.45, 2.75) is 25.3 Å². The van der Waals surface area contributed by atoms with E-state index in [0.29, 0.717) is 16.9 Å². The summed E-state index contributed by atoms with van der Waals surface area (Å²) in [5, 5.41) is 7.34. The number of hydrogen-bond acceptors (Lipinski definition) is 8. The maximum atomic E-state index is 6.71. The van der Waals surface area contributed by atoms with Crippen LogP contribution in [0.2, 0.25) is 5.02 Å². The summed E-state index contributed by atoms with van der Waals surface area (Å²) in [4.78, 5) is 15.5. The Balaban J connectivity index is 1.20. The summed E-state index contributed by atoms with van der Waals surface area (Å²) >= 11 is 6.18. The highest BCUT2D eigenvalue weighted by atomic mass is 35.5. The van der Waals surface area contributed by atoms with Crippen molar-refractivity contribution in [3.63, 3.8) is 0 Å². The number of hydrogen-bond donors (Lipinski definition) is 3. The molecule has 1 unspecified atom stereocenters. The van der Waals surface area contributed by atoms with E-state index in [1.54, 1.807) is 12.3 Å². The van der Waals surface area contributed by atoms with Gasteiger partial charge in [0.15, 0.2) is 16.9 Å². The number of aromatic nitrogens is 5. The number of nitrogen functional groups attached to an aromatic ring is 1. The van der Waals surface area contributed by atoms with Gasteiger partial charge in [0, 0.05) is 31.4 Å². The number of H-pyrrole nitrogens is 1. The molecule has 1 atom stereocenters. The summed E-state index contributed by atoms with van der Waals surface area (Å²) in [6, 6.07) is 10.3. The van der Waals surface area contributed by atoms with Crippen molar-refractivity contribution in [1.82, 2.24) is 25.1 Å². The number of nitrogens with zero attached hydrogens (tertiary/aromatic N) is 5. The Labute approximate surface area is 195 Å². The average Bonchev–Trinajstić information content (AvgIpc) is 3.36. The maximum absolute atomic E-state index is 6.71. The van der Waals surface area contributed by atoms with Crippen molar-refractivity contribution in [2.24, 2.45) is 11.1 Å². The summed E-state index contributed by atoms with van der Waals surface area (Å²) in [6.45, 7) is 1.76. The first-order valence-corrected chi connectivity index (χ1v) is 11.3. The van der Waals surface area contributed by atoms with Crippen molar-refractivity contribution in [2.75, 3.05) is 23.7 Å². The Kier molecular flexibility index (Phi) is 4.63. The fourth-order valence-corrected chi connectivity index (χ4v) is 5.26. The molecule has 1 aliphatic heterocycles. The minimum absolute atomic E-state index is 0.0887. The van der Waals surface area contributed by atoms with Gasteiger partial charge >= 0.3 is 0 Å². The molecule has 1 saturated heterocycles. The zero-order valence-electron chi connectivity index (χ0n) is 17.8. The number of anilines is 2. The highest BCUT2D eigenvalue weighted by molar-refractivity contribution is 6.34. The predicted octanol–water partition coefficient (Wildman–Crippen LogP) is 3.62. The van der Waals surface area contributed by atoms with Crippen LogP contribution in [0.5, 0.6) is 11.6 Å². The molecule has 0 radical (unpaired) electrons. The number of fused-ring (bicyclic) bond motifs is 2. The molecule has 3 aromatic heterocycles. The lowest BCUT2D eigenvalue weighted by atomic mass is 9.73. The Bertz CT molecular complexity index is 1350. The molecule has 10 heteroatoms. The fraction of sp³-hybridized carbons (Fsp3) is 0.304. The molecule has 5 N–H and O–H groups in total. The van der Waals surface area contributed by atoms with Gasteiger partial charge in [-0.25, -0.2) is 15.0 Å². The van der Waals surface area contributed by atoms with E-state index >= 15 is 0 Å². The van der Waals surface area contributed by atoms with Crippen LogP contribution >= 0.6 is 11.6 Å². The molecule has 0 amide bonds. The second kappa shape index (κ2) is 7.57. The number of nitrogens with two attached hydrogens (primary N) is 2. The minimum Gasteiger partial charge on any atom is -0.434 e. The van der Waals surface area contributed by atoms with Gasteiger partial charge in [0.25, 0.3) is 5.88 Å². The van der Waals surface area contributed by atoms with E-state index in [4.69, 9.17) is 32.8 Å². The van der Waals surface area contributed by atoms with E-state index in [9.17, 15) is 0 Å². The fourth-order valence-electron chi connectivity index (χ4n) is 5.11. The van der Waals surface area contributed by atoms with Gasteiger partial charge in [-0.05, 0) is 35.8 Å². The van der Waals surface area contributed by atoms with Crippen LogP contribution in [0, 0.1) is 5.41 Å². The van der Waals surface area contributed by atoms with E-state index in [1.165, 1.54) is 17.3 Å². The topological polar surface area (TPSA) is 132 Å². The van der Waals surface area contributed by atoms with Crippen LogP contribution in [0.1, 0.15) is 30.0 Å². The number of aromatic amines is 1. The quantitative estimate of drug-likeness (QED) is 0.420. The Morgan fingerprint density at radius 3 is 2.79 bits per heavy atom. The first-order chi connectivity index (χ1) is 16.0. The molecule has 6 rings (SSSR count). The number of piperidine rings is 1. The summed E-state index contributed by atoms with van der Waals surface area (Å²) < 4.78 is 5.81. The van der Waals surface area contributed by atoms with E-state index in [-0.39, 0.29) is 28.2 Å². The molecule has 33 heavy (non-hydrogen) atoms. The molecular formula is C23H23ClN8O. The lowest BCUT2D eigenvalue weighted by Gasteiger charge is -2.42. The first kappa shape index (κ1) is 20.2.